The van der Waals surface area contributed by atoms with Crippen molar-refractivity contribution in [3.63, 3.8) is 0 Å². The van der Waals surface area contributed by atoms with Crippen LogP contribution in [0.15, 0.2) is 30.3 Å². The molecule has 1 N–H and O–H groups in total. The van der Waals surface area contributed by atoms with Crippen molar-refractivity contribution in [1.82, 2.24) is 0 Å². The number of carbonyl (C=O) groups is 1. The number of benzene rings is 1. The van der Waals surface area contributed by atoms with Crippen molar-refractivity contribution in [3.05, 3.63) is 35.9 Å². The van der Waals surface area contributed by atoms with E-state index in [0.29, 0.717) is 6.61 Å². The van der Waals surface area contributed by atoms with Gasteiger partial charge >= 0.3 is 5.97 Å². The molecule has 1 aromatic rings. The van der Waals surface area contributed by atoms with Crippen molar-refractivity contribution in [2.45, 2.75) is 37.6 Å². The summed E-state index contributed by atoms with van der Waals surface area (Å²) in [6.07, 6.45) is -3.09. The molecule has 0 amide bonds. The van der Waals surface area contributed by atoms with Crippen LogP contribution < -0.4 is 0 Å². The van der Waals surface area contributed by atoms with Gasteiger partial charge in [-0.15, -0.1) is 0 Å². The third kappa shape index (κ3) is 3.08. The van der Waals surface area contributed by atoms with E-state index < -0.39 is 30.6 Å². The summed E-state index contributed by atoms with van der Waals surface area (Å²) < 4.78 is 22.2. The monoisotopic (exact) mass is 294 g/mol. The normalized spacial score (nSPS) is 35.8. The van der Waals surface area contributed by atoms with Gasteiger partial charge in [0.05, 0.1) is 13.2 Å². The maximum Gasteiger partial charge on any atom is 0.303 e. The molecule has 21 heavy (non-hydrogen) atoms. The Balaban J connectivity index is 1.77. The minimum absolute atomic E-state index is 0.0990. The number of aliphatic hydroxyl groups is 1. The molecule has 0 spiro atoms. The van der Waals surface area contributed by atoms with Crippen molar-refractivity contribution >= 4 is 5.97 Å². The molecule has 2 heterocycles. The highest BCUT2D eigenvalue weighted by Crippen LogP contribution is 2.33. The molecule has 1 aromatic carbocycles. The second-order valence-corrected chi connectivity index (χ2v) is 5.19. The largest absolute Gasteiger partial charge is 0.457 e. The molecule has 5 atom stereocenters. The van der Waals surface area contributed by atoms with Gasteiger partial charge in [-0.05, 0) is 0 Å². The summed E-state index contributed by atoms with van der Waals surface area (Å²) in [7, 11) is 0. The standard InChI is InChI=1S/C15H18O6/c1-9(16)20-13-11(17)7-18-12-8-19-15(21-14(12)13)10-5-3-2-4-6-10/h2-6,11-15,17H,7-8H2,1H3. The van der Waals surface area contributed by atoms with Crippen LogP contribution in [0.1, 0.15) is 18.8 Å². The molecule has 6 nitrogen and oxygen atoms in total. The van der Waals surface area contributed by atoms with Crippen molar-refractivity contribution in [2.75, 3.05) is 13.2 Å². The Morgan fingerprint density at radius 2 is 2.00 bits per heavy atom. The van der Waals surface area contributed by atoms with Crippen molar-refractivity contribution in [2.24, 2.45) is 0 Å². The predicted octanol–water partition coefficient (Wildman–Crippen LogP) is 0.792. The number of hydrogen-bond donors (Lipinski definition) is 1. The Morgan fingerprint density at radius 1 is 1.24 bits per heavy atom. The van der Waals surface area contributed by atoms with E-state index >= 15 is 0 Å². The van der Waals surface area contributed by atoms with Crippen LogP contribution in [-0.4, -0.2) is 48.7 Å². The van der Waals surface area contributed by atoms with E-state index in [4.69, 9.17) is 18.9 Å². The highest BCUT2D eigenvalue weighted by molar-refractivity contribution is 5.66. The van der Waals surface area contributed by atoms with Crippen molar-refractivity contribution in [3.8, 4) is 0 Å². The Bertz CT molecular complexity index is 490. The van der Waals surface area contributed by atoms with Crippen LogP contribution in [0, 0.1) is 0 Å². The van der Waals surface area contributed by atoms with Crippen LogP contribution in [0.2, 0.25) is 0 Å². The Hall–Kier alpha value is -1.47. The van der Waals surface area contributed by atoms with E-state index in [9.17, 15) is 9.90 Å². The van der Waals surface area contributed by atoms with Gasteiger partial charge in [0, 0.05) is 12.5 Å². The number of rotatable bonds is 2. The zero-order chi connectivity index (χ0) is 14.8. The van der Waals surface area contributed by atoms with Gasteiger partial charge < -0.3 is 24.1 Å². The SMILES string of the molecule is CC(=O)OC1C(O)COC2COC(c3ccccc3)OC21. The van der Waals surface area contributed by atoms with Crippen LogP contribution in [-0.2, 0) is 23.7 Å². The zero-order valence-corrected chi connectivity index (χ0v) is 11.7. The topological polar surface area (TPSA) is 74.2 Å². The summed E-state index contributed by atoms with van der Waals surface area (Å²) in [6.45, 7) is 1.74. The number of esters is 1. The molecular formula is C15H18O6. The maximum atomic E-state index is 11.2. The summed E-state index contributed by atoms with van der Waals surface area (Å²) in [5.74, 6) is -0.453. The van der Waals surface area contributed by atoms with E-state index in [2.05, 4.69) is 0 Å². The van der Waals surface area contributed by atoms with Gasteiger partial charge in [-0.25, -0.2) is 0 Å². The molecule has 114 valence electrons. The van der Waals surface area contributed by atoms with E-state index in [-0.39, 0.29) is 12.7 Å². The van der Waals surface area contributed by atoms with E-state index in [1.807, 2.05) is 30.3 Å². The summed E-state index contributed by atoms with van der Waals surface area (Å²) in [5.41, 5.74) is 0.873. The molecule has 2 aliphatic rings. The quantitative estimate of drug-likeness (QED) is 0.813. The summed E-state index contributed by atoms with van der Waals surface area (Å²) in [5, 5.41) is 9.99. The molecule has 6 heteroatoms. The molecular weight excluding hydrogens is 276 g/mol. The van der Waals surface area contributed by atoms with Gasteiger partial charge in [-0.1, -0.05) is 30.3 Å². The average Bonchev–Trinajstić information content (AvgIpc) is 2.50. The van der Waals surface area contributed by atoms with Crippen LogP contribution >= 0.6 is 0 Å². The maximum absolute atomic E-state index is 11.2. The Morgan fingerprint density at radius 3 is 2.71 bits per heavy atom. The van der Waals surface area contributed by atoms with Crippen molar-refractivity contribution in [1.29, 1.82) is 0 Å². The molecule has 0 bridgehead atoms. The van der Waals surface area contributed by atoms with E-state index in [0.717, 1.165) is 5.56 Å². The lowest BCUT2D eigenvalue weighted by molar-refractivity contribution is -0.315. The fourth-order valence-corrected chi connectivity index (χ4v) is 2.64. The number of fused-ring (bicyclic) bond motifs is 1. The van der Waals surface area contributed by atoms with Crippen molar-refractivity contribution < 1.29 is 28.8 Å². The fourth-order valence-electron chi connectivity index (χ4n) is 2.64. The lowest BCUT2D eigenvalue weighted by Crippen LogP contribution is -2.59. The van der Waals surface area contributed by atoms with E-state index in [1.54, 1.807) is 0 Å². The first kappa shape index (κ1) is 14.5. The molecule has 0 aromatic heterocycles. The third-order valence-corrected chi connectivity index (χ3v) is 3.62. The second kappa shape index (κ2) is 6.11. The summed E-state index contributed by atoms with van der Waals surface area (Å²) >= 11 is 0. The van der Waals surface area contributed by atoms with Crippen LogP contribution in [0.3, 0.4) is 0 Å². The zero-order valence-electron chi connectivity index (χ0n) is 11.7. The second-order valence-electron chi connectivity index (χ2n) is 5.19. The first-order valence-electron chi connectivity index (χ1n) is 6.94. The first-order valence-corrected chi connectivity index (χ1v) is 6.94. The Kier molecular flexibility index (Phi) is 4.21. The molecule has 0 aliphatic carbocycles. The number of carbonyl (C=O) groups excluding carboxylic acids is 1. The molecule has 0 saturated carbocycles. The molecule has 2 saturated heterocycles. The number of hydrogen-bond acceptors (Lipinski definition) is 6. The predicted molar refractivity (Wildman–Crippen MR) is 71.3 cm³/mol. The van der Waals surface area contributed by atoms with Gasteiger partial charge in [-0.3, -0.25) is 4.79 Å². The lowest BCUT2D eigenvalue weighted by atomic mass is 9.98. The van der Waals surface area contributed by atoms with Gasteiger partial charge in [0.2, 0.25) is 0 Å². The molecule has 2 aliphatic heterocycles. The van der Waals surface area contributed by atoms with E-state index in [1.165, 1.54) is 6.92 Å². The summed E-state index contributed by atoms with van der Waals surface area (Å²) in [4.78, 5) is 11.2. The highest BCUT2D eigenvalue weighted by atomic mass is 16.7. The van der Waals surface area contributed by atoms with Crippen LogP contribution in [0.25, 0.3) is 0 Å². The average molecular weight is 294 g/mol. The molecule has 3 rings (SSSR count). The van der Waals surface area contributed by atoms with Crippen LogP contribution in [0.4, 0.5) is 0 Å². The third-order valence-electron chi connectivity index (χ3n) is 3.62. The minimum Gasteiger partial charge on any atom is -0.457 e. The summed E-state index contributed by atoms with van der Waals surface area (Å²) in [6, 6.07) is 9.48. The first-order chi connectivity index (χ1) is 10.1. The van der Waals surface area contributed by atoms with Gasteiger partial charge in [0.15, 0.2) is 12.4 Å². The number of aliphatic hydroxyl groups excluding tert-OH is 1. The molecule has 5 unspecified atom stereocenters. The number of ether oxygens (including phenoxy) is 4. The molecule has 2 fully saturated rings. The van der Waals surface area contributed by atoms with Gasteiger partial charge in [-0.2, -0.15) is 0 Å². The highest BCUT2D eigenvalue weighted by Gasteiger charge is 2.47. The minimum atomic E-state index is -0.898. The Labute approximate surface area is 122 Å². The van der Waals surface area contributed by atoms with Crippen LogP contribution in [0.5, 0.6) is 0 Å². The smallest absolute Gasteiger partial charge is 0.303 e. The van der Waals surface area contributed by atoms with Gasteiger partial charge in [0.1, 0.15) is 18.3 Å². The lowest BCUT2D eigenvalue weighted by Gasteiger charge is -2.44. The molecule has 0 radical (unpaired) electrons. The van der Waals surface area contributed by atoms with Gasteiger partial charge in [0.25, 0.3) is 0 Å². The fraction of sp³-hybridized carbons (Fsp3) is 0.533.